The van der Waals surface area contributed by atoms with Crippen LogP contribution in [0.25, 0.3) is 0 Å². The highest BCUT2D eigenvalue weighted by atomic mass is 35.5. The molecule has 74 valence electrons. The summed E-state index contributed by atoms with van der Waals surface area (Å²) in [7, 11) is 0. The lowest BCUT2D eigenvalue weighted by atomic mass is 9.92. The summed E-state index contributed by atoms with van der Waals surface area (Å²) in [6.07, 6.45) is 5.76. The molecule has 3 fully saturated rings. The van der Waals surface area contributed by atoms with Crippen molar-refractivity contribution in [3.63, 3.8) is 0 Å². The van der Waals surface area contributed by atoms with E-state index in [0.717, 1.165) is 29.7 Å². The molecule has 0 radical (unpaired) electrons. The van der Waals surface area contributed by atoms with Gasteiger partial charge in [-0.3, -0.25) is 4.90 Å². The first-order valence-electron chi connectivity index (χ1n) is 5.68. The van der Waals surface area contributed by atoms with Gasteiger partial charge in [-0.2, -0.15) is 0 Å². The van der Waals surface area contributed by atoms with Crippen molar-refractivity contribution < 1.29 is 0 Å². The molecule has 0 amide bonds. The van der Waals surface area contributed by atoms with Crippen LogP contribution in [0.4, 0.5) is 0 Å². The maximum absolute atomic E-state index is 5.95. The van der Waals surface area contributed by atoms with Crippen LogP contribution in [0.3, 0.4) is 0 Å². The SMILES string of the molecule is ClC[C@H]1C[C@@H]2CN3CCC[C@@H]3[C@@H]2C1. The standard InChI is InChI=1S/C11H18ClN/c12-6-8-4-9-7-13-3-1-2-11(13)10(9)5-8/h8-11H,1-7H2/t8-,9+,10+,11+/m0/s1. The summed E-state index contributed by atoms with van der Waals surface area (Å²) in [6, 6.07) is 0.957. The second-order valence-electron chi connectivity index (χ2n) is 5.12. The van der Waals surface area contributed by atoms with Crippen LogP contribution in [-0.4, -0.2) is 29.9 Å². The predicted octanol–water partition coefficient (Wildman–Crippen LogP) is 2.35. The molecule has 1 saturated carbocycles. The van der Waals surface area contributed by atoms with E-state index in [0.29, 0.717) is 0 Å². The molecule has 2 heterocycles. The Morgan fingerprint density at radius 2 is 2.23 bits per heavy atom. The average Bonchev–Trinajstić information content (AvgIpc) is 2.72. The zero-order valence-corrected chi connectivity index (χ0v) is 8.84. The number of nitrogens with zero attached hydrogens (tertiary/aromatic N) is 1. The van der Waals surface area contributed by atoms with Crippen LogP contribution in [0, 0.1) is 17.8 Å². The third kappa shape index (κ3) is 1.24. The summed E-state index contributed by atoms with van der Waals surface area (Å²) in [4.78, 5) is 2.74. The Bertz CT molecular complexity index is 206. The van der Waals surface area contributed by atoms with Crippen molar-refractivity contribution in [3.8, 4) is 0 Å². The average molecular weight is 200 g/mol. The fourth-order valence-corrected chi connectivity index (χ4v) is 4.20. The highest BCUT2D eigenvalue weighted by Gasteiger charge is 2.48. The van der Waals surface area contributed by atoms with Crippen molar-refractivity contribution in [1.82, 2.24) is 4.90 Å². The molecule has 0 aromatic heterocycles. The summed E-state index contributed by atoms with van der Waals surface area (Å²) < 4.78 is 0. The van der Waals surface area contributed by atoms with Crippen LogP contribution in [0.1, 0.15) is 25.7 Å². The zero-order valence-electron chi connectivity index (χ0n) is 8.08. The first-order valence-corrected chi connectivity index (χ1v) is 6.22. The minimum atomic E-state index is 0.847. The van der Waals surface area contributed by atoms with Crippen LogP contribution in [0.5, 0.6) is 0 Å². The quantitative estimate of drug-likeness (QED) is 0.586. The summed E-state index contributed by atoms with van der Waals surface area (Å²) in [5, 5.41) is 0. The molecule has 0 spiro atoms. The summed E-state index contributed by atoms with van der Waals surface area (Å²) >= 11 is 5.95. The van der Waals surface area contributed by atoms with Gasteiger partial charge in [0.15, 0.2) is 0 Å². The van der Waals surface area contributed by atoms with Gasteiger partial charge in [0.25, 0.3) is 0 Å². The second-order valence-corrected chi connectivity index (χ2v) is 5.43. The Kier molecular flexibility index (Phi) is 2.06. The number of fused-ring (bicyclic) bond motifs is 3. The van der Waals surface area contributed by atoms with E-state index in [1.54, 1.807) is 0 Å². The molecule has 0 bridgehead atoms. The fraction of sp³-hybridized carbons (Fsp3) is 1.00. The molecule has 0 unspecified atom stereocenters. The largest absolute Gasteiger partial charge is 0.300 e. The molecule has 2 saturated heterocycles. The Hall–Kier alpha value is 0.250. The van der Waals surface area contributed by atoms with Crippen molar-refractivity contribution in [2.24, 2.45) is 17.8 Å². The van der Waals surface area contributed by atoms with E-state index in [-0.39, 0.29) is 0 Å². The molecule has 2 aliphatic heterocycles. The van der Waals surface area contributed by atoms with Crippen molar-refractivity contribution in [2.75, 3.05) is 19.0 Å². The van der Waals surface area contributed by atoms with Crippen molar-refractivity contribution in [2.45, 2.75) is 31.7 Å². The topological polar surface area (TPSA) is 3.24 Å². The number of alkyl halides is 1. The van der Waals surface area contributed by atoms with E-state index < -0.39 is 0 Å². The van der Waals surface area contributed by atoms with Gasteiger partial charge in [0.1, 0.15) is 0 Å². The number of halogens is 1. The van der Waals surface area contributed by atoms with Crippen LogP contribution in [0.2, 0.25) is 0 Å². The summed E-state index contributed by atoms with van der Waals surface area (Å²) in [6.45, 7) is 2.77. The van der Waals surface area contributed by atoms with Gasteiger partial charge in [0.2, 0.25) is 0 Å². The smallest absolute Gasteiger partial charge is 0.0251 e. The van der Waals surface area contributed by atoms with Gasteiger partial charge in [-0.1, -0.05) is 0 Å². The van der Waals surface area contributed by atoms with E-state index in [2.05, 4.69) is 4.90 Å². The molecule has 2 heteroatoms. The molecular formula is C11H18ClN. The van der Waals surface area contributed by atoms with Gasteiger partial charge in [0, 0.05) is 18.5 Å². The molecule has 0 aromatic rings. The van der Waals surface area contributed by atoms with E-state index >= 15 is 0 Å². The van der Waals surface area contributed by atoms with Gasteiger partial charge in [0.05, 0.1) is 0 Å². The number of rotatable bonds is 1. The molecule has 3 aliphatic rings. The van der Waals surface area contributed by atoms with E-state index in [9.17, 15) is 0 Å². The van der Waals surface area contributed by atoms with Gasteiger partial charge in [-0.05, 0) is 50.0 Å². The van der Waals surface area contributed by atoms with Crippen molar-refractivity contribution in [1.29, 1.82) is 0 Å². The Balaban J connectivity index is 1.73. The normalized spacial score (nSPS) is 49.6. The predicted molar refractivity (Wildman–Crippen MR) is 55.0 cm³/mol. The fourth-order valence-electron chi connectivity index (χ4n) is 3.95. The molecule has 4 atom stereocenters. The molecule has 13 heavy (non-hydrogen) atoms. The van der Waals surface area contributed by atoms with Crippen LogP contribution in [-0.2, 0) is 0 Å². The van der Waals surface area contributed by atoms with Gasteiger partial charge in [-0.25, -0.2) is 0 Å². The summed E-state index contributed by atoms with van der Waals surface area (Å²) in [5.74, 6) is 3.78. The molecule has 0 aromatic carbocycles. The molecular weight excluding hydrogens is 182 g/mol. The maximum Gasteiger partial charge on any atom is 0.0251 e. The molecule has 3 rings (SSSR count). The van der Waals surface area contributed by atoms with Crippen LogP contribution >= 0.6 is 11.6 Å². The highest BCUT2D eigenvalue weighted by molar-refractivity contribution is 6.18. The third-order valence-electron chi connectivity index (χ3n) is 4.44. The van der Waals surface area contributed by atoms with Crippen molar-refractivity contribution >= 4 is 11.6 Å². The number of hydrogen-bond donors (Lipinski definition) is 0. The Labute approximate surface area is 85.4 Å². The second kappa shape index (κ2) is 3.13. The zero-order chi connectivity index (χ0) is 8.84. The summed E-state index contributed by atoms with van der Waals surface area (Å²) in [5.41, 5.74) is 0. The van der Waals surface area contributed by atoms with E-state index in [4.69, 9.17) is 11.6 Å². The lowest BCUT2D eigenvalue weighted by molar-refractivity contribution is 0.275. The lowest BCUT2D eigenvalue weighted by Gasteiger charge is -2.19. The highest BCUT2D eigenvalue weighted by Crippen LogP contribution is 2.48. The Morgan fingerprint density at radius 3 is 3.08 bits per heavy atom. The van der Waals surface area contributed by atoms with Gasteiger partial charge in [-0.15, -0.1) is 11.6 Å². The molecule has 0 N–H and O–H groups in total. The number of hydrogen-bond acceptors (Lipinski definition) is 1. The van der Waals surface area contributed by atoms with Gasteiger partial charge >= 0.3 is 0 Å². The van der Waals surface area contributed by atoms with E-state index in [1.165, 1.54) is 38.8 Å². The van der Waals surface area contributed by atoms with Crippen LogP contribution < -0.4 is 0 Å². The monoisotopic (exact) mass is 199 g/mol. The Morgan fingerprint density at radius 1 is 1.31 bits per heavy atom. The lowest BCUT2D eigenvalue weighted by Crippen LogP contribution is -2.26. The molecule has 1 nitrogen and oxygen atoms in total. The third-order valence-corrected chi connectivity index (χ3v) is 4.88. The van der Waals surface area contributed by atoms with Crippen molar-refractivity contribution in [3.05, 3.63) is 0 Å². The maximum atomic E-state index is 5.95. The van der Waals surface area contributed by atoms with Gasteiger partial charge < -0.3 is 0 Å². The molecule has 1 aliphatic carbocycles. The minimum Gasteiger partial charge on any atom is -0.300 e. The first kappa shape index (κ1) is 8.55. The van der Waals surface area contributed by atoms with Crippen LogP contribution in [0.15, 0.2) is 0 Å². The van der Waals surface area contributed by atoms with E-state index in [1.807, 2.05) is 0 Å². The minimum absolute atomic E-state index is 0.847. The first-order chi connectivity index (χ1) is 6.38.